The molecule has 8 nitrogen and oxygen atoms in total. The normalized spacial score (nSPS) is 11.8. The quantitative estimate of drug-likeness (QED) is 0.263. The van der Waals surface area contributed by atoms with Crippen LogP contribution in [0.25, 0.3) is 0 Å². The number of hydrogen-bond donors (Lipinski definition) is 2. The highest BCUT2D eigenvalue weighted by Crippen LogP contribution is 2.38. The van der Waals surface area contributed by atoms with Crippen LogP contribution in [0, 0.1) is 11.3 Å². The molecule has 0 aliphatic heterocycles. The molecule has 0 aromatic heterocycles. The van der Waals surface area contributed by atoms with Gasteiger partial charge in [-0.05, 0) is 49.2 Å². The molecule has 0 aliphatic carbocycles. The van der Waals surface area contributed by atoms with Crippen LogP contribution in [-0.2, 0) is 19.1 Å². The second kappa shape index (κ2) is 16.9. The number of nitrogens with one attached hydrogen (secondary N) is 2. The van der Waals surface area contributed by atoms with Gasteiger partial charge >= 0.3 is 12.2 Å². The van der Waals surface area contributed by atoms with Crippen LogP contribution in [-0.4, -0.2) is 50.1 Å². The third kappa shape index (κ3) is 13.2. The van der Waals surface area contributed by atoms with E-state index in [9.17, 15) is 19.2 Å². The predicted molar refractivity (Wildman–Crippen MR) is 134 cm³/mol. The number of rotatable bonds is 18. The van der Waals surface area contributed by atoms with E-state index < -0.39 is 12.2 Å². The number of amides is 2. The molecule has 2 N–H and O–H groups in total. The van der Waals surface area contributed by atoms with Gasteiger partial charge in [-0.2, -0.15) is 0 Å². The zero-order chi connectivity index (χ0) is 26.1. The van der Waals surface area contributed by atoms with Gasteiger partial charge in [-0.25, -0.2) is 9.59 Å². The summed E-state index contributed by atoms with van der Waals surface area (Å²) >= 11 is 0. The van der Waals surface area contributed by atoms with Gasteiger partial charge in [0.25, 0.3) is 0 Å². The van der Waals surface area contributed by atoms with Gasteiger partial charge in [0, 0.05) is 25.9 Å². The van der Waals surface area contributed by atoms with E-state index in [2.05, 4.69) is 44.6 Å². The van der Waals surface area contributed by atoms with E-state index in [4.69, 9.17) is 9.47 Å². The minimum Gasteiger partial charge on any atom is -0.449 e. The Hall–Kier alpha value is -2.64. The molecule has 0 heterocycles. The van der Waals surface area contributed by atoms with Crippen LogP contribution in [0.4, 0.5) is 9.59 Å². The van der Waals surface area contributed by atoms with Crippen molar-refractivity contribution in [2.45, 2.75) is 79.6 Å². The van der Waals surface area contributed by atoms with Crippen LogP contribution in [0.15, 0.2) is 24.3 Å². The molecule has 34 heavy (non-hydrogen) atoms. The van der Waals surface area contributed by atoms with Crippen LogP contribution in [0.1, 0.15) is 79.6 Å². The average molecular weight is 481 g/mol. The van der Waals surface area contributed by atoms with Gasteiger partial charge in [-0.1, -0.05) is 53.2 Å². The van der Waals surface area contributed by atoms with Gasteiger partial charge in [0.2, 0.25) is 0 Å². The Kier molecular flexibility index (Phi) is 15.6. The second-order valence-electron chi connectivity index (χ2n) is 8.92. The lowest BCUT2D eigenvalue weighted by atomic mass is 9.72. The van der Waals surface area contributed by atoms with Crippen molar-refractivity contribution in [2.75, 3.05) is 26.3 Å². The maximum atomic E-state index is 12.0. The summed E-state index contributed by atoms with van der Waals surface area (Å²) in [5.41, 5.74) is 0.917. The summed E-state index contributed by atoms with van der Waals surface area (Å²) in [7, 11) is 0. The summed E-state index contributed by atoms with van der Waals surface area (Å²) in [6, 6.07) is 0. The molecule has 0 aromatic rings. The highest BCUT2D eigenvalue weighted by Gasteiger charge is 2.29. The molecule has 194 valence electrons. The van der Waals surface area contributed by atoms with Gasteiger partial charge in [-0.15, -0.1) is 0 Å². The number of Topliss-reactive ketones (excluding diaryl/α,β-unsaturated/α-hetero) is 2. The average Bonchev–Trinajstić information content (AvgIpc) is 2.80. The highest BCUT2D eigenvalue weighted by atomic mass is 16.6. The number of carbonyl (C=O) groups excluding carboxylic acids is 4. The van der Waals surface area contributed by atoms with Gasteiger partial charge in [0.1, 0.15) is 13.2 Å². The maximum Gasteiger partial charge on any atom is 0.407 e. The molecule has 0 saturated heterocycles. The topological polar surface area (TPSA) is 111 Å². The van der Waals surface area contributed by atoms with Gasteiger partial charge in [-0.3, -0.25) is 9.59 Å². The number of alkyl carbamates (subject to hydrolysis) is 2. The van der Waals surface area contributed by atoms with Crippen LogP contribution < -0.4 is 10.6 Å². The highest BCUT2D eigenvalue weighted by molar-refractivity contribution is 5.94. The molecule has 0 rings (SSSR count). The van der Waals surface area contributed by atoms with Gasteiger partial charge in [0.15, 0.2) is 11.6 Å². The number of ketones is 2. The molecule has 0 bridgehead atoms. The minimum absolute atomic E-state index is 0.0172. The third-order valence-corrected chi connectivity index (χ3v) is 6.34. The summed E-state index contributed by atoms with van der Waals surface area (Å²) < 4.78 is 10.2. The van der Waals surface area contributed by atoms with Crippen LogP contribution in [0.3, 0.4) is 0 Å². The van der Waals surface area contributed by atoms with Gasteiger partial charge in [0.05, 0.1) is 0 Å². The Morgan fingerprint density at radius 3 is 1.71 bits per heavy atom. The van der Waals surface area contributed by atoms with Gasteiger partial charge < -0.3 is 20.1 Å². The van der Waals surface area contributed by atoms with E-state index in [1.54, 1.807) is 13.8 Å². The molecular formula is C26H44N2O6. The Balaban J connectivity index is 4.51. The van der Waals surface area contributed by atoms with Crippen molar-refractivity contribution in [3.05, 3.63) is 24.3 Å². The Labute approximate surface area is 204 Å². The molecule has 1 unspecified atom stereocenters. The fourth-order valence-corrected chi connectivity index (χ4v) is 3.63. The zero-order valence-corrected chi connectivity index (χ0v) is 21.7. The molecule has 0 fully saturated rings. The van der Waals surface area contributed by atoms with E-state index in [-0.39, 0.29) is 49.0 Å². The Morgan fingerprint density at radius 2 is 1.29 bits per heavy atom. The molecule has 0 spiro atoms. The van der Waals surface area contributed by atoms with E-state index in [0.717, 1.165) is 32.1 Å². The molecule has 0 radical (unpaired) electrons. The van der Waals surface area contributed by atoms with E-state index in [0.29, 0.717) is 24.2 Å². The lowest BCUT2D eigenvalue weighted by Crippen LogP contribution is -2.35. The molecule has 1 atom stereocenters. The zero-order valence-electron chi connectivity index (χ0n) is 21.7. The number of ether oxygens (including phenoxy) is 2. The fourth-order valence-electron chi connectivity index (χ4n) is 3.63. The molecule has 0 aromatic carbocycles. The van der Waals surface area contributed by atoms with Crippen molar-refractivity contribution < 1.29 is 28.7 Å². The summed E-state index contributed by atoms with van der Waals surface area (Å²) in [6.45, 7) is 17.8. The number of carbonyl (C=O) groups is 4. The molecule has 8 heteroatoms. The summed E-state index contributed by atoms with van der Waals surface area (Å²) in [5, 5.41) is 5.58. The number of allylic oxidation sites excluding steroid dienone is 2. The van der Waals surface area contributed by atoms with Crippen molar-refractivity contribution in [1.82, 2.24) is 10.6 Å². The van der Waals surface area contributed by atoms with Crippen molar-refractivity contribution in [1.29, 1.82) is 0 Å². The van der Waals surface area contributed by atoms with Crippen LogP contribution in [0.2, 0.25) is 0 Å². The smallest absolute Gasteiger partial charge is 0.407 e. The Bertz CT molecular complexity index is 712. The predicted octanol–water partition coefficient (Wildman–Crippen LogP) is 5.12. The first-order chi connectivity index (χ1) is 16.0. The lowest BCUT2D eigenvalue weighted by molar-refractivity contribution is -0.116. The summed E-state index contributed by atoms with van der Waals surface area (Å²) in [6.07, 6.45) is 3.66. The molecule has 2 amide bonds. The molecule has 0 aliphatic rings. The summed E-state index contributed by atoms with van der Waals surface area (Å²) in [4.78, 5) is 46.9. The standard InChI is InChI=1S/C26H44N2O6/c1-8-21(18-28-25(32)34-16-12-23(30)20(6)7)17-26(9-2,10-3)13-14-27-24(31)33-15-11-22(29)19(4)5/h21H,4,6,8-18H2,1-3,5,7H3,(H,27,31)(H,28,32). The van der Waals surface area contributed by atoms with E-state index >= 15 is 0 Å². The third-order valence-electron chi connectivity index (χ3n) is 6.34. The largest absolute Gasteiger partial charge is 0.449 e. The fraction of sp³-hybridized carbons (Fsp3) is 0.692. The van der Waals surface area contributed by atoms with Crippen molar-refractivity contribution in [3.8, 4) is 0 Å². The van der Waals surface area contributed by atoms with Crippen LogP contribution >= 0.6 is 0 Å². The second-order valence-corrected chi connectivity index (χ2v) is 8.92. The number of hydrogen-bond acceptors (Lipinski definition) is 6. The van der Waals surface area contributed by atoms with E-state index in [1.165, 1.54) is 0 Å². The first kappa shape index (κ1) is 31.4. The Morgan fingerprint density at radius 1 is 0.824 bits per heavy atom. The molecular weight excluding hydrogens is 436 g/mol. The lowest BCUT2D eigenvalue weighted by Gasteiger charge is -2.35. The van der Waals surface area contributed by atoms with Crippen LogP contribution in [0.5, 0.6) is 0 Å². The molecule has 0 saturated carbocycles. The summed E-state index contributed by atoms with van der Waals surface area (Å²) in [5.74, 6) is 0.0181. The maximum absolute atomic E-state index is 12.0. The SMILES string of the molecule is C=C(C)C(=O)CCOC(=O)NCCC(CC)(CC)CC(CC)CNC(=O)OCCC(=O)C(=C)C. The minimum atomic E-state index is -0.530. The van der Waals surface area contributed by atoms with Crippen molar-refractivity contribution >= 4 is 23.8 Å². The van der Waals surface area contributed by atoms with Crippen molar-refractivity contribution in [2.24, 2.45) is 11.3 Å². The first-order valence-electron chi connectivity index (χ1n) is 12.2. The van der Waals surface area contributed by atoms with E-state index in [1.807, 2.05) is 0 Å². The monoisotopic (exact) mass is 480 g/mol. The first-order valence-corrected chi connectivity index (χ1v) is 12.2. The van der Waals surface area contributed by atoms with Crippen molar-refractivity contribution in [3.63, 3.8) is 0 Å².